The first-order valence-electron chi connectivity index (χ1n) is 10.4. The van der Waals surface area contributed by atoms with Crippen molar-refractivity contribution in [3.63, 3.8) is 0 Å². The van der Waals surface area contributed by atoms with Crippen molar-refractivity contribution < 1.29 is 9.50 Å². The molecule has 0 aliphatic carbocycles. The van der Waals surface area contributed by atoms with Gasteiger partial charge in [0.25, 0.3) is 0 Å². The molecule has 0 spiro atoms. The van der Waals surface area contributed by atoms with Gasteiger partial charge in [-0.3, -0.25) is 4.90 Å². The number of benzene rings is 2. The maximum absolute atomic E-state index is 14.0. The minimum Gasteiger partial charge on any atom is -0.508 e. The second-order valence-electron chi connectivity index (χ2n) is 8.22. The first-order chi connectivity index (χ1) is 14.3. The molecule has 0 aromatic heterocycles. The van der Waals surface area contributed by atoms with E-state index in [1.165, 1.54) is 32.0 Å². The molecule has 30 heavy (non-hydrogen) atoms. The average molecular weight is 432 g/mol. The number of piperidine rings is 1. The second-order valence-corrected chi connectivity index (χ2v) is 8.65. The van der Waals surface area contributed by atoms with Crippen molar-refractivity contribution in [2.75, 3.05) is 40.8 Å². The summed E-state index contributed by atoms with van der Waals surface area (Å²) in [5, 5.41) is 13.5. The first-order valence-corrected chi connectivity index (χ1v) is 10.8. The Kier molecular flexibility index (Phi) is 7.89. The number of rotatable bonds is 3. The van der Waals surface area contributed by atoms with Crippen LogP contribution in [0.3, 0.4) is 0 Å². The van der Waals surface area contributed by atoms with Crippen LogP contribution in [0.1, 0.15) is 30.0 Å². The normalized spacial score (nSPS) is 20.1. The highest BCUT2D eigenvalue weighted by atomic mass is 35.5. The standard InChI is InChI=1S/C17H15ClFNO.C7H16N2/c1-20-10-12(15-9-13(18)5-6-16(15)19)8-17(20)11-3-2-4-14(21)7-11;1-9(2)7-3-5-8-6-4-7/h2-9,17,21H,10H2,1H3;7-8H,3-6H2,1-2H3. The van der Waals surface area contributed by atoms with E-state index in [2.05, 4.69) is 29.2 Å². The Bertz CT molecular complexity index is 881. The van der Waals surface area contributed by atoms with Gasteiger partial charge in [0, 0.05) is 23.2 Å². The molecule has 1 saturated heterocycles. The molecule has 0 amide bonds. The third-order valence-corrected chi connectivity index (χ3v) is 6.01. The van der Waals surface area contributed by atoms with Gasteiger partial charge in [-0.25, -0.2) is 4.39 Å². The smallest absolute Gasteiger partial charge is 0.130 e. The molecule has 2 heterocycles. The van der Waals surface area contributed by atoms with Crippen LogP contribution in [0.5, 0.6) is 5.75 Å². The van der Waals surface area contributed by atoms with Gasteiger partial charge in [0.2, 0.25) is 0 Å². The highest BCUT2D eigenvalue weighted by molar-refractivity contribution is 6.30. The number of aromatic hydroxyl groups is 1. The molecule has 1 atom stereocenters. The molecule has 6 heteroatoms. The lowest BCUT2D eigenvalue weighted by Crippen LogP contribution is -2.39. The average Bonchev–Trinajstić information content (AvgIpc) is 3.12. The van der Waals surface area contributed by atoms with Gasteiger partial charge >= 0.3 is 0 Å². The van der Waals surface area contributed by atoms with E-state index >= 15 is 0 Å². The van der Waals surface area contributed by atoms with Crippen molar-refractivity contribution in [3.8, 4) is 5.75 Å². The highest BCUT2D eigenvalue weighted by Gasteiger charge is 2.25. The number of hydrogen-bond donors (Lipinski definition) is 2. The van der Waals surface area contributed by atoms with Crippen molar-refractivity contribution in [1.29, 1.82) is 0 Å². The zero-order chi connectivity index (χ0) is 21.7. The Hall–Kier alpha value is -1.92. The van der Waals surface area contributed by atoms with Crippen LogP contribution in [0.4, 0.5) is 4.39 Å². The molecule has 4 rings (SSSR count). The molecular weight excluding hydrogens is 401 g/mol. The Morgan fingerprint density at radius 1 is 1.13 bits per heavy atom. The summed E-state index contributed by atoms with van der Waals surface area (Å²) in [4.78, 5) is 4.42. The van der Waals surface area contributed by atoms with E-state index in [1.807, 2.05) is 25.3 Å². The van der Waals surface area contributed by atoms with E-state index in [0.29, 0.717) is 17.1 Å². The predicted octanol–water partition coefficient (Wildman–Crippen LogP) is 4.55. The molecule has 2 aliphatic rings. The van der Waals surface area contributed by atoms with Gasteiger partial charge in [-0.2, -0.15) is 0 Å². The zero-order valence-electron chi connectivity index (χ0n) is 17.9. The molecule has 1 fully saturated rings. The van der Waals surface area contributed by atoms with Gasteiger partial charge < -0.3 is 15.3 Å². The molecular formula is C24H31ClFN3O. The van der Waals surface area contributed by atoms with Gasteiger partial charge in [-0.15, -0.1) is 0 Å². The lowest BCUT2D eigenvalue weighted by molar-refractivity contribution is 0.238. The number of likely N-dealkylation sites (N-methyl/N-ethyl adjacent to an activating group) is 1. The van der Waals surface area contributed by atoms with Crippen molar-refractivity contribution in [2.45, 2.75) is 24.9 Å². The number of halogens is 2. The third kappa shape index (κ3) is 5.82. The Morgan fingerprint density at radius 3 is 2.50 bits per heavy atom. The SMILES string of the molecule is CN(C)C1CCNCC1.CN1CC(c2cc(Cl)ccc2F)=CC1c1cccc(O)c1. The van der Waals surface area contributed by atoms with Crippen LogP contribution in [-0.2, 0) is 0 Å². The fourth-order valence-corrected chi connectivity index (χ4v) is 4.21. The van der Waals surface area contributed by atoms with E-state index in [-0.39, 0.29) is 17.6 Å². The summed E-state index contributed by atoms with van der Waals surface area (Å²) in [5.41, 5.74) is 2.43. The molecule has 0 saturated carbocycles. The molecule has 2 aromatic carbocycles. The van der Waals surface area contributed by atoms with E-state index < -0.39 is 0 Å². The lowest BCUT2D eigenvalue weighted by Gasteiger charge is -2.28. The number of nitrogens with one attached hydrogen (secondary N) is 1. The van der Waals surface area contributed by atoms with E-state index in [1.54, 1.807) is 24.3 Å². The van der Waals surface area contributed by atoms with Crippen molar-refractivity contribution >= 4 is 17.2 Å². The maximum atomic E-state index is 14.0. The summed E-state index contributed by atoms with van der Waals surface area (Å²) in [5.74, 6) is -0.0349. The van der Waals surface area contributed by atoms with E-state index in [0.717, 1.165) is 17.2 Å². The van der Waals surface area contributed by atoms with Crippen molar-refractivity contribution in [1.82, 2.24) is 15.1 Å². The number of phenols is 1. The molecule has 2 aromatic rings. The molecule has 1 unspecified atom stereocenters. The van der Waals surface area contributed by atoms with Crippen LogP contribution in [0.15, 0.2) is 48.5 Å². The van der Waals surface area contributed by atoms with Crippen LogP contribution >= 0.6 is 11.6 Å². The summed E-state index contributed by atoms with van der Waals surface area (Å²) in [6.07, 6.45) is 4.64. The van der Waals surface area contributed by atoms with Gasteiger partial charge in [0.1, 0.15) is 11.6 Å². The maximum Gasteiger partial charge on any atom is 0.130 e. The topological polar surface area (TPSA) is 38.7 Å². The lowest BCUT2D eigenvalue weighted by atomic mass is 10.0. The zero-order valence-corrected chi connectivity index (χ0v) is 18.7. The summed E-state index contributed by atoms with van der Waals surface area (Å²) in [6, 6.07) is 12.6. The predicted molar refractivity (Wildman–Crippen MR) is 122 cm³/mol. The molecule has 0 radical (unpaired) electrons. The molecule has 2 aliphatic heterocycles. The fourth-order valence-electron chi connectivity index (χ4n) is 4.04. The Balaban J connectivity index is 0.000000239. The minimum absolute atomic E-state index is 0.0190. The summed E-state index contributed by atoms with van der Waals surface area (Å²) in [6.45, 7) is 3.03. The fraction of sp³-hybridized carbons (Fsp3) is 0.417. The van der Waals surface area contributed by atoms with Gasteiger partial charge in [0.15, 0.2) is 0 Å². The minimum atomic E-state index is -0.268. The van der Waals surface area contributed by atoms with Gasteiger partial charge in [-0.05, 0) is 88.5 Å². The van der Waals surface area contributed by atoms with E-state index in [9.17, 15) is 9.50 Å². The highest BCUT2D eigenvalue weighted by Crippen LogP contribution is 2.35. The van der Waals surface area contributed by atoms with Crippen LogP contribution < -0.4 is 5.32 Å². The molecule has 162 valence electrons. The van der Waals surface area contributed by atoms with Crippen LogP contribution in [0.2, 0.25) is 5.02 Å². The van der Waals surface area contributed by atoms with Crippen LogP contribution in [0.25, 0.3) is 5.57 Å². The quantitative estimate of drug-likeness (QED) is 0.747. The molecule has 4 nitrogen and oxygen atoms in total. The van der Waals surface area contributed by atoms with Crippen LogP contribution in [-0.4, -0.2) is 61.7 Å². The number of hydrogen-bond acceptors (Lipinski definition) is 4. The van der Waals surface area contributed by atoms with Crippen LogP contribution in [0, 0.1) is 5.82 Å². The molecule has 2 N–H and O–H groups in total. The summed E-state index contributed by atoms with van der Waals surface area (Å²) >= 11 is 5.97. The van der Waals surface area contributed by atoms with Crippen molar-refractivity contribution in [2.24, 2.45) is 0 Å². The third-order valence-electron chi connectivity index (χ3n) is 5.78. The Morgan fingerprint density at radius 2 is 1.87 bits per heavy atom. The largest absolute Gasteiger partial charge is 0.508 e. The summed E-state index contributed by atoms with van der Waals surface area (Å²) in [7, 11) is 6.30. The summed E-state index contributed by atoms with van der Waals surface area (Å²) < 4.78 is 14.0. The van der Waals surface area contributed by atoms with Gasteiger partial charge in [-0.1, -0.05) is 29.8 Å². The monoisotopic (exact) mass is 431 g/mol. The van der Waals surface area contributed by atoms with Crippen molar-refractivity contribution in [3.05, 3.63) is 70.5 Å². The number of phenolic OH excluding ortho intramolecular Hbond substituents is 1. The Labute approximate surface area is 184 Å². The molecule has 0 bridgehead atoms. The first kappa shape index (κ1) is 22.8. The number of nitrogens with zero attached hydrogens (tertiary/aromatic N) is 2. The second kappa shape index (κ2) is 10.4. The van der Waals surface area contributed by atoms with Gasteiger partial charge in [0.05, 0.1) is 6.04 Å². The van der Waals surface area contributed by atoms with E-state index in [4.69, 9.17) is 11.6 Å².